The molecule has 0 saturated carbocycles. The summed E-state index contributed by atoms with van der Waals surface area (Å²) in [4.78, 5) is 10.4. The summed E-state index contributed by atoms with van der Waals surface area (Å²) in [6.07, 6.45) is -15.8. The summed E-state index contributed by atoms with van der Waals surface area (Å²) in [6.45, 7) is 2.57. The predicted octanol–water partition coefficient (Wildman–Crippen LogP) is 5.78. The van der Waals surface area contributed by atoms with Gasteiger partial charge in [0.2, 0.25) is 0 Å². The Labute approximate surface area is 175 Å². The molecule has 202 valence electrons. The van der Waals surface area contributed by atoms with Crippen LogP contribution in [-0.4, -0.2) is 69.9 Å². The minimum atomic E-state index is -8.74. The van der Waals surface area contributed by atoms with E-state index in [1.165, 1.54) is 0 Å². The second kappa shape index (κ2) is 8.58. The highest BCUT2D eigenvalue weighted by Crippen LogP contribution is 2.64. The summed E-state index contributed by atoms with van der Waals surface area (Å²) in [7, 11) is 0. The van der Waals surface area contributed by atoms with Gasteiger partial charge in [0.15, 0.2) is 0 Å². The largest absolute Gasteiger partial charge is 0.478 e. The molecule has 3 nitrogen and oxygen atoms in total. The van der Waals surface area contributed by atoms with Crippen LogP contribution in [0.5, 0.6) is 0 Å². The lowest BCUT2D eigenvalue weighted by Crippen LogP contribution is -2.74. The molecule has 0 bridgehead atoms. The monoisotopic (exact) mass is 548 g/mol. The fourth-order valence-corrected chi connectivity index (χ4v) is 2.06. The number of carbonyl (C=O) groups is 1. The minimum Gasteiger partial charge on any atom is -0.478 e. The number of hydrogen-bond acceptors (Lipinski definition) is 2. The minimum absolute atomic E-state index is 1.26. The van der Waals surface area contributed by atoms with Gasteiger partial charge in [0, 0.05) is 18.4 Å². The van der Waals surface area contributed by atoms with Crippen LogP contribution in [0.25, 0.3) is 0 Å². The molecule has 20 heteroatoms. The highest BCUT2D eigenvalue weighted by molar-refractivity contribution is 5.85. The van der Waals surface area contributed by atoms with E-state index in [2.05, 4.69) is 6.58 Å². The van der Waals surface area contributed by atoms with Gasteiger partial charge in [-0.1, -0.05) is 6.58 Å². The summed E-state index contributed by atoms with van der Waals surface area (Å²) in [6, 6.07) is 0. The average molecular weight is 548 g/mol. The Morgan fingerprint density at radius 3 is 1.21 bits per heavy atom. The van der Waals surface area contributed by atoms with Crippen molar-refractivity contribution in [2.45, 2.75) is 66.6 Å². The van der Waals surface area contributed by atoms with E-state index in [4.69, 9.17) is 10.2 Å². The average Bonchev–Trinajstić information content (AvgIpc) is 2.58. The van der Waals surface area contributed by atoms with Crippen molar-refractivity contribution in [1.82, 2.24) is 0 Å². The van der Waals surface area contributed by atoms with Crippen molar-refractivity contribution in [2.75, 3.05) is 0 Å². The van der Waals surface area contributed by atoms with E-state index in [1.54, 1.807) is 0 Å². The number of carboxylic acids is 1. The van der Waals surface area contributed by atoms with Crippen LogP contribution in [0.4, 0.5) is 74.6 Å². The third-order valence-electron chi connectivity index (χ3n) is 4.06. The molecule has 2 N–H and O–H groups in total. The van der Waals surface area contributed by atoms with Gasteiger partial charge in [-0.15, -0.1) is 0 Å². The number of halogens is 17. The number of carboxylic acid groups (broad SMARTS) is 1. The first-order chi connectivity index (χ1) is 14.5. The van der Waals surface area contributed by atoms with E-state index in [0.717, 1.165) is 0 Å². The number of aliphatic hydroxyl groups is 1. The molecule has 0 aliphatic carbocycles. The second-order valence-corrected chi connectivity index (χ2v) is 6.62. The lowest BCUT2D eigenvalue weighted by Gasteiger charge is -2.43. The van der Waals surface area contributed by atoms with Crippen LogP contribution < -0.4 is 0 Å². The first-order valence-corrected chi connectivity index (χ1v) is 7.78. The van der Waals surface area contributed by atoms with Crippen LogP contribution in [0.15, 0.2) is 12.2 Å². The highest BCUT2D eigenvalue weighted by Gasteiger charge is 2.95. The maximum absolute atomic E-state index is 13.6. The van der Waals surface area contributed by atoms with Crippen molar-refractivity contribution in [2.24, 2.45) is 0 Å². The Bertz CT molecular complexity index is 783. The molecule has 1 unspecified atom stereocenters. The van der Waals surface area contributed by atoms with Gasteiger partial charge in [0.25, 0.3) is 0 Å². The Balaban J connectivity index is 6.49. The highest BCUT2D eigenvalue weighted by atomic mass is 19.4. The van der Waals surface area contributed by atoms with Crippen molar-refractivity contribution >= 4 is 5.97 Å². The molecule has 0 amide bonds. The van der Waals surface area contributed by atoms with E-state index in [-0.39, 0.29) is 0 Å². The lowest BCUT2D eigenvalue weighted by molar-refractivity contribution is -0.462. The first-order valence-electron chi connectivity index (χ1n) is 7.78. The van der Waals surface area contributed by atoms with Crippen molar-refractivity contribution < 1.29 is 89.6 Å². The van der Waals surface area contributed by atoms with Gasteiger partial charge in [0.1, 0.15) is 0 Å². The standard InChI is InChI=1S/C14H9F17O3/c1-4(6(33)34)2-5(32)3-7(15,16)8(17,18)9(19,20)10(21,22)11(23,24)12(25,26)13(27,28)14(29,30)31/h5,32H,1-3H2,(H,33,34). The van der Waals surface area contributed by atoms with Gasteiger partial charge in [-0.3, -0.25) is 0 Å². The fourth-order valence-electron chi connectivity index (χ4n) is 2.06. The Morgan fingerprint density at radius 2 is 0.912 bits per heavy atom. The quantitative estimate of drug-likeness (QED) is 0.255. The molecule has 0 rings (SSSR count). The summed E-state index contributed by atoms with van der Waals surface area (Å²) >= 11 is 0. The number of rotatable bonds is 11. The summed E-state index contributed by atoms with van der Waals surface area (Å²) < 4.78 is 222. The van der Waals surface area contributed by atoms with Crippen molar-refractivity contribution in [1.29, 1.82) is 0 Å². The molecule has 1 atom stereocenters. The van der Waals surface area contributed by atoms with Crippen LogP contribution in [0.1, 0.15) is 12.8 Å². The topological polar surface area (TPSA) is 57.5 Å². The molecular weight excluding hydrogens is 539 g/mol. The van der Waals surface area contributed by atoms with Crippen molar-refractivity contribution in [3.8, 4) is 0 Å². The van der Waals surface area contributed by atoms with E-state index >= 15 is 0 Å². The smallest absolute Gasteiger partial charge is 0.460 e. The maximum atomic E-state index is 13.6. The SMILES string of the molecule is C=C(CC(O)CC(F)(F)C(F)(F)C(F)(F)C(F)(F)C(F)(F)C(F)(F)C(F)(F)C(F)(F)F)C(=O)O. The zero-order valence-corrected chi connectivity index (χ0v) is 15.4. The van der Waals surface area contributed by atoms with Gasteiger partial charge in [-0.2, -0.15) is 74.6 Å². The number of alkyl halides is 17. The fraction of sp³-hybridized carbons (Fsp3) is 0.786. The molecule has 0 fully saturated rings. The summed E-state index contributed by atoms with van der Waals surface area (Å²) in [5.41, 5.74) is -1.26. The first kappa shape index (κ1) is 32.0. The molecular formula is C14H9F17O3. The van der Waals surface area contributed by atoms with Gasteiger partial charge in [-0.25, -0.2) is 4.79 Å². The van der Waals surface area contributed by atoms with E-state index < -0.39 is 78.1 Å². The molecule has 0 aliphatic heterocycles. The third-order valence-corrected chi connectivity index (χ3v) is 4.06. The van der Waals surface area contributed by atoms with Crippen LogP contribution >= 0.6 is 0 Å². The van der Waals surface area contributed by atoms with Gasteiger partial charge in [0.05, 0.1) is 6.10 Å². The van der Waals surface area contributed by atoms with E-state index in [0.29, 0.717) is 0 Å². The lowest BCUT2D eigenvalue weighted by atomic mass is 9.87. The van der Waals surface area contributed by atoms with E-state index in [1.807, 2.05) is 0 Å². The Morgan fingerprint density at radius 1 is 0.618 bits per heavy atom. The van der Waals surface area contributed by atoms with Crippen molar-refractivity contribution in [3.63, 3.8) is 0 Å². The van der Waals surface area contributed by atoms with Crippen LogP contribution in [0.2, 0.25) is 0 Å². The number of hydrogen-bond donors (Lipinski definition) is 2. The molecule has 0 heterocycles. The van der Waals surface area contributed by atoms with Gasteiger partial charge >= 0.3 is 53.6 Å². The molecule has 34 heavy (non-hydrogen) atoms. The summed E-state index contributed by atoms with van der Waals surface area (Å²) in [5.74, 6) is -59.6. The predicted molar refractivity (Wildman–Crippen MR) is 72.7 cm³/mol. The zero-order valence-electron chi connectivity index (χ0n) is 15.4. The van der Waals surface area contributed by atoms with E-state index in [9.17, 15) is 79.4 Å². The van der Waals surface area contributed by atoms with Crippen LogP contribution in [0, 0.1) is 0 Å². The number of aliphatic hydroxyl groups excluding tert-OH is 1. The second-order valence-electron chi connectivity index (χ2n) is 6.62. The van der Waals surface area contributed by atoms with Gasteiger partial charge in [-0.05, 0) is 0 Å². The Hall–Kier alpha value is -2.02. The normalized spacial score (nSPS) is 16.4. The molecule has 0 spiro atoms. The zero-order chi connectivity index (χ0) is 28.1. The molecule has 0 aromatic carbocycles. The molecule has 0 saturated heterocycles. The Kier molecular flexibility index (Phi) is 8.07. The third kappa shape index (κ3) is 4.60. The molecule has 0 aromatic rings. The molecule has 0 aliphatic rings. The van der Waals surface area contributed by atoms with Gasteiger partial charge < -0.3 is 10.2 Å². The number of aliphatic carboxylic acids is 1. The summed E-state index contributed by atoms with van der Waals surface area (Å²) in [5, 5.41) is 17.4. The maximum Gasteiger partial charge on any atom is 0.460 e. The van der Waals surface area contributed by atoms with Crippen LogP contribution in [-0.2, 0) is 4.79 Å². The molecule has 0 aromatic heterocycles. The molecule has 0 radical (unpaired) electrons. The van der Waals surface area contributed by atoms with Crippen LogP contribution in [0.3, 0.4) is 0 Å². The van der Waals surface area contributed by atoms with Crippen molar-refractivity contribution in [3.05, 3.63) is 12.2 Å².